The number of ether oxygens (including phenoxy) is 2. The molecule has 2 heterocycles. The third kappa shape index (κ3) is 6.47. The quantitative estimate of drug-likeness (QED) is 0.233. The number of fused-ring (bicyclic) bond motifs is 1. The monoisotopic (exact) mass is 539 g/mol. The first kappa shape index (κ1) is 26.6. The van der Waals surface area contributed by atoms with Gasteiger partial charge in [-0.25, -0.2) is 9.78 Å². The Hall–Kier alpha value is -4.42. The van der Waals surface area contributed by atoms with E-state index in [0.717, 1.165) is 12.1 Å². The number of aromatic nitrogens is 2. The molecule has 13 heteroatoms. The fraction of sp³-hybridized carbons (Fsp3) is 0.200. The van der Waals surface area contributed by atoms with Crippen LogP contribution in [0.15, 0.2) is 60.9 Å². The van der Waals surface area contributed by atoms with Crippen LogP contribution in [0.5, 0.6) is 17.2 Å². The first-order valence-electron chi connectivity index (χ1n) is 11.0. The second kappa shape index (κ2) is 10.1. The molecule has 4 aromatic rings. The van der Waals surface area contributed by atoms with Gasteiger partial charge in [-0.15, -0.1) is 13.2 Å². The standard InChI is InChI=1S/C25H19F6N3O4/c1-14-9-15(5-6-19(14)23(35)36)21-12-33-22-20(32-8-7-24(26,27)28)11-18(13-34(21)22)37-16-3-2-4-17(10-16)38-25(29,30)31/h2-6,9-13,32H,7-8H2,1H3,(H,35,36). The Morgan fingerprint density at radius 1 is 1.03 bits per heavy atom. The van der Waals surface area contributed by atoms with Gasteiger partial charge in [0.15, 0.2) is 5.65 Å². The maximum absolute atomic E-state index is 12.7. The largest absolute Gasteiger partial charge is 0.573 e. The highest BCUT2D eigenvalue weighted by molar-refractivity contribution is 5.90. The lowest BCUT2D eigenvalue weighted by Crippen LogP contribution is -2.17. The first-order valence-corrected chi connectivity index (χ1v) is 11.0. The molecule has 0 amide bonds. The Kier molecular flexibility index (Phi) is 7.11. The summed E-state index contributed by atoms with van der Waals surface area (Å²) in [6.45, 7) is 1.15. The van der Waals surface area contributed by atoms with Gasteiger partial charge in [0, 0.05) is 24.2 Å². The van der Waals surface area contributed by atoms with Crippen molar-refractivity contribution in [2.45, 2.75) is 25.9 Å². The molecule has 0 unspecified atom stereocenters. The number of anilines is 1. The van der Waals surface area contributed by atoms with Gasteiger partial charge in [0.2, 0.25) is 0 Å². The van der Waals surface area contributed by atoms with Gasteiger partial charge in [-0.2, -0.15) is 13.2 Å². The molecule has 4 rings (SSSR count). The maximum Gasteiger partial charge on any atom is 0.573 e. The van der Waals surface area contributed by atoms with Crippen molar-refractivity contribution in [1.29, 1.82) is 0 Å². The lowest BCUT2D eigenvalue weighted by Gasteiger charge is -2.14. The number of carboxylic acids is 1. The number of nitrogens with one attached hydrogen (secondary N) is 1. The lowest BCUT2D eigenvalue weighted by molar-refractivity contribution is -0.274. The summed E-state index contributed by atoms with van der Waals surface area (Å²) >= 11 is 0. The maximum atomic E-state index is 12.7. The molecule has 0 spiro atoms. The summed E-state index contributed by atoms with van der Waals surface area (Å²) < 4.78 is 87.2. The number of aromatic carboxylic acids is 1. The fourth-order valence-corrected chi connectivity index (χ4v) is 3.73. The Morgan fingerprint density at radius 3 is 2.42 bits per heavy atom. The zero-order valence-corrected chi connectivity index (χ0v) is 19.5. The van der Waals surface area contributed by atoms with Crippen molar-refractivity contribution in [2.24, 2.45) is 0 Å². The van der Waals surface area contributed by atoms with Crippen LogP contribution in [-0.2, 0) is 0 Å². The van der Waals surface area contributed by atoms with Crippen LogP contribution in [0.4, 0.5) is 32.0 Å². The number of benzene rings is 2. The molecule has 0 bridgehead atoms. The number of halogens is 6. The Bertz CT molecular complexity index is 1480. The Balaban J connectivity index is 1.75. The minimum Gasteiger partial charge on any atom is -0.478 e. The van der Waals surface area contributed by atoms with E-state index in [4.69, 9.17) is 4.74 Å². The SMILES string of the molecule is Cc1cc(-c2cnc3c(NCCC(F)(F)F)cc(Oc4cccc(OC(F)(F)F)c4)cn23)ccc1C(=O)O. The van der Waals surface area contributed by atoms with Gasteiger partial charge in [0.1, 0.15) is 17.2 Å². The van der Waals surface area contributed by atoms with Gasteiger partial charge >= 0.3 is 18.5 Å². The van der Waals surface area contributed by atoms with Crippen LogP contribution in [0.3, 0.4) is 0 Å². The highest BCUT2D eigenvalue weighted by Crippen LogP contribution is 2.34. The molecule has 0 aliphatic carbocycles. The number of pyridine rings is 1. The van der Waals surface area contributed by atoms with Crippen molar-refractivity contribution in [3.05, 3.63) is 72.1 Å². The van der Waals surface area contributed by atoms with E-state index in [9.17, 15) is 36.2 Å². The van der Waals surface area contributed by atoms with E-state index < -0.39 is 37.2 Å². The number of aryl methyl sites for hydroxylation is 1. The Labute approximate surface area is 211 Å². The molecular formula is C25H19F6N3O4. The van der Waals surface area contributed by atoms with Crippen LogP contribution in [-0.4, -0.2) is 39.5 Å². The molecule has 0 saturated heterocycles. The third-order valence-corrected chi connectivity index (χ3v) is 5.33. The predicted octanol–water partition coefficient (Wildman–Crippen LogP) is 7.06. The molecule has 0 radical (unpaired) electrons. The summed E-state index contributed by atoms with van der Waals surface area (Å²) in [5.74, 6) is -1.56. The van der Waals surface area contributed by atoms with E-state index in [1.807, 2.05) is 0 Å². The summed E-state index contributed by atoms with van der Waals surface area (Å²) in [6.07, 6.45) is -7.51. The highest BCUT2D eigenvalue weighted by Gasteiger charge is 2.31. The normalized spacial score (nSPS) is 12.0. The second-order valence-corrected chi connectivity index (χ2v) is 8.18. The molecule has 38 heavy (non-hydrogen) atoms. The molecule has 0 aliphatic heterocycles. The molecule has 200 valence electrons. The zero-order valence-electron chi connectivity index (χ0n) is 19.5. The summed E-state index contributed by atoms with van der Waals surface area (Å²) in [5, 5.41) is 12.0. The van der Waals surface area contributed by atoms with Crippen LogP contribution >= 0.6 is 0 Å². The molecule has 7 nitrogen and oxygen atoms in total. The summed E-state index contributed by atoms with van der Waals surface area (Å²) in [4.78, 5) is 15.7. The van der Waals surface area contributed by atoms with E-state index in [0.29, 0.717) is 16.8 Å². The number of alkyl halides is 6. The molecule has 0 fully saturated rings. The fourth-order valence-electron chi connectivity index (χ4n) is 3.73. The van der Waals surface area contributed by atoms with Gasteiger partial charge in [0.05, 0.1) is 35.8 Å². The number of hydrogen-bond acceptors (Lipinski definition) is 5. The summed E-state index contributed by atoms with van der Waals surface area (Å²) in [5.41, 5.74) is 2.05. The van der Waals surface area contributed by atoms with Gasteiger partial charge in [-0.05, 0) is 36.8 Å². The minimum absolute atomic E-state index is 0.0179. The molecule has 2 aromatic heterocycles. The van der Waals surface area contributed by atoms with Crippen molar-refractivity contribution >= 4 is 17.3 Å². The van der Waals surface area contributed by atoms with Crippen LogP contribution in [0.1, 0.15) is 22.3 Å². The molecular weight excluding hydrogens is 520 g/mol. The summed E-state index contributed by atoms with van der Waals surface area (Å²) in [6, 6.07) is 10.7. The number of nitrogens with zero attached hydrogens (tertiary/aromatic N) is 2. The van der Waals surface area contributed by atoms with E-state index in [2.05, 4.69) is 15.0 Å². The van der Waals surface area contributed by atoms with Gasteiger partial charge < -0.3 is 19.9 Å². The summed E-state index contributed by atoms with van der Waals surface area (Å²) in [7, 11) is 0. The van der Waals surface area contributed by atoms with Gasteiger partial charge in [0.25, 0.3) is 0 Å². The van der Waals surface area contributed by atoms with Crippen LogP contribution in [0, 0.1) is 6.92 Å². The van der Waals surface area contributed by atoms with Crippen LogP contribution < -0.4 is 14.8 Å². The van der Waals surface area contributed by atoms with E-state index in [1.165, 1.54) is 41.1 Å². The van der Waals surface area contributed by atoms with E-state index in [-0.39, 0.29) is 28.4 Å². The van der Waals surface area contributed by atoms with Gasteiger partial charge in [-0.3, -0.25) is 4.40 Å². The molecule has 0 saturated carbocycles. The number of rotatable bonds is 8. The van der Waals surface area contributed by atoms with Crippen molar-refractivity contribution < 1.29 is 45.7 Å². The van der Waals surface area contributed by atoms with Crippen LogP contribution in [0.2, 0.25) is 0 Å². The zero-order chi connectivity index (χ0) is 27.7. The molecule has 2 aromatic carbocycles. The number of imidazole rings is 1. The van der Waals surface area contributed by atoms with Crippen LogP contribution in [0.25, 0.3) is 16.9 Å². The van der Waals surface area contributed by atoms with Crippen molar-refractivity contribution in [3.63, 3.8) is 0 Å². The average Bonchev–Trinajstić information content (AvgIpc) is 3.21. The highest BCUT2D eigenvalue weighted by atomic mass is 19.4. The second-order valence-electron chi connectivity index (χ2n) is 8.18. The third-order valence-electron chi connectivity index (χ3n) is 5.33. The van der Waals surface area contributed by atoms with Crippen molar-refractivity contribution in [3.8, 4) is 28.5 Å². The van der Waals surface area contributed by atoms with E-state index >= 15 is 0 Å². The predicted molar refractivity (Wildman–Crippen MR) is 125 cm³/mol. The molecule has 0 aliphatic rings. The number of carboxylic acid groups (broad SMARTS) is 1. The van der Waals surface area contributed by atoms with Crippen molar-refractivity contribution in [2.75, 3.05) is 11.9 Å². The minimum atomic E-state index is -4.91. The molecule has 2 N–H and O–H groups in total. The lowest BCUT2D eigenvalue weighted by atomic mass is 10.0. The van der Waals surface area contributed by atoms with Crippen molar-refractivity contribution in [1.82, 2.24) is 9.38 Å². The number of carbonyl (C=O) groups is 1. The topological polar surface area (TPSA) is 85.1 Å². The van der Waals surface area contributed by atoms with Gasteiger partial charge in [-0.1, -0.05) is 12.1 Å². The van der Waals surface area contributed by atoms with E-state index in [1.54, 1.807) is 19.1 Å². The smallest absolute Gasteiger partial charge is 0.478 e. The average molecular weight is 539 g/mol. The Morgan fingerprint density at radius 2 is 1.76 bits per heavy atom. The first-order chi connectivity index (χ1) is 17.8. The molecule has 0 atom stereocenters. The number of hydrogen-bond donors (Lipinski definition) is 2.